The number of aromatic nitrogens is 2. The molecule has 1 amide bonds. The molecule has 0 atom stereocenters. The number of pyridine rings is 1. The average Bonchev–Trinajstić information content (AvgIpc) is 3.27. The minimum atomic E-state index is -0.195. The van der Waals surface area contributed by atoms with Crippen LogP contribution in [0, 0.1) is 0 Å². The largest absolute Gasteiger partial charge is 0.497 e. The topological polar surface area (TPSA) is 73.8 Å². The lowest BCUT2D eigenvalue weighted by atomic mass is 10.1. The number of ether oxygens (including phenoxy) is 3. The van der Waals surface area contributed by atoms with Crippen LogP contribution in [0.1, 0.15) is 15.9 Å². The lowest BCUT2D eigenvalue weighted by Crippen LogP contribution is -2.30. The third-order valence-electron chi connectivity index (χ3n) is 4.76. The second kappa shape index (κ2) is 9.01. The van der Waals surface area contributed by atoms with E-state index in [2.05, 4.69) is 4.98 Å². The molecule has 0 fully saturated rings. The van der Waals surface area contributed by atoms with Gasteiger partial charge in [-0.25, -0.2) is 4.98 Å². The molecule has 0 bridgehead atoms. The Labute approximate surface area is 183 Å². The normalized spacial score (nSPS) is 10.7. The lowest BCUT2D eigenvalue weighted by molar-refractivity contribution is 0.0984. The highest BCUT2D eigenvalue weighted by atomic mass is 32.1. The molecule has 0 radical (unpaired) electrons. The van der Waals surface area contributed by atoms with Crippen molar-refractivity contribution in [1.82, 2.24) is 9.97 Å². The Morgan fingerprint density at radius 2 is 1.81 bits per heavy atom. The van der Waals surface area contributed by atoms with Crippen LogP contribution in [-0.2, 0) is 6.54 Å². The molecule has 4 aromatic rings. The number of benzene rings is 2. The zero-order valence-corrected chi connectivity index (χ0v) is 18.2. The van der Waals surface area contributed by atoms with E-state index in [9.17, 15) is 4.79 Å². The summed E-state index contributed by atoms with van der Waals surface area (Å²) >= 11 is 1.38. The number of anilines is 1. The monoisotopic (exact) mass is 435 g/mol. The van der Waals surface area contributed by atoms with Crippen LogP contribution >= 0.6 is 11.3 Å². The Morgan fingerprint density at radius 1 is 1.00 bits per heavy atom. The van der Waals surface area contributed by atoms with Gasteiger partial charge in [0, 0.05) is 18.0 Å². The Balaban J connectivity index is 1.83. The molecule has 2 heterocycles. The molecule has 0 N–H and O–H groups in total. The van der Waals surface area contributed by atoms with Gasteiger partial charge in [0.1, 0.15) is 27.5 Å². The first-order chi connectivity index (χ1) is 15.1. The molecular weight excluding hydrogens is 414 g/mol. The third-order valence-corrected chi connectivity index (χ3v) is 5.85. The first-order valence-corrected chi connectivity index (χ1v) is 10.3. The highest BCUT2D eigenvalue weighted by molar-refractivity contribution is 7.22. The van der Waals surface area contributed by atoms with Crippen LogP contribution < -0.4 is 19.1 Å². The highest BCUT2D eigenvalue weighted by Crippen LogP contribution is 2.40. The number of methoxy groups -OCH3 is 3. The second-order valence-electron chi connectivity index (χ2n) is 6.63. The van der Waals surface area contributed by atoms with Gasteiger partial charge in [-0.05, 0) is 42.0 Å². The Hall–Kier alpha value is -3.65. The van der Waals surface area contributed by atoms with E-state index in [0.717, 1.165) is 10.3 Å². The van der Waals surface area contributed by atoms with E-state index in [1.54, 1.807) is 69.0 Å². The molecule has 4 rings (SSSR count). The van der Waals surface area contributed by atoms with Gasteiger partial charge >= 0.3 is 0 Å². The number of amides is 1. The molecule has 0 aliphatic rings. The van der Waals surface area contributed by atoms with E-state index in [-0.39, 0.29) is 5.91 Å². The number of fused-ring (bicyclic) bond motifs is 1. The maximum atomic E-state index is 13.6. The summed E-state index contributed by atoms with van der Waals surface area (Å²) in [6.45, 7) is 0.314. The van der Waals surface area contributed by atoms with Crippen molar-refractivity contribution in [3.63, 3.8) is 0 Å². The van der Waals surface area contributed by atoms with Crippen molar-refractivity contribution in [2.45, 2.75) is 6.54 Å². The third kappa shape index (κ3) is 4.15. The number of carbonyl (C=O) groups excluding carboxylic acids is 1. The lowest BCUT2D eigenvalue weighted by Gasteiger charge is -2.20. The zero-order valence-electron chi connectivity index (χ0n) is 17.4. The molecule has 0 saturated heterocycles. The zero-order chi connectivity index (χ0) is 21.8. The molecule has 7 nitrogen and oxygen atoms in total. The molecular formula is C23H21N3O4S. The van der Waals surface area contributed by atoms with Crippen molar-refractivity contribution in [2.24, 2.45) is 0 Å². The van der Waals surface area contributed by atoms with Gasteiger partial charge in [0.2, 0.25) is 0 Å². The molecule has 158 valence electrons. The van der Waals surface area contributed by atoms with Crippen LogP contribution in [0.2, 0.25) is 0 Å². The van der Waals surface area contributed by atoms with Crippen molar-refractivity contribution in [3.05, 3.63) is 72.1 Å². The number of hydrogen-bond acceptors (Lipinski definition) is 7. The van der Waals surface area contributed by atoms with E-state index < -0.39 is 0 Å². The molecule has 0 aliphatic carbocycles. The van der Waals surface area contributed by atoms with Crippen LogP contribution in [0.15, 0.2) is 60.9 Å². The summed E-state index contributed by atoms with van der Waals surface area (Å²) in [5.74, 6) is 1.71. The Kier molecular flexibility index (Phi) is 5.99. The van der Waals surface area contributed by atoms with Crippen molar-refractivity contribution in [2.75, 3.05) is 26.2 Å². The molecule has 8 heteroatoms. The average molecular weight is 436 g/mol. The quantitative estimate of drug-likeness (QED) is 0.424. The van der Waals surface area contributed by atoms with Gasteiger partial charge in [0.15, 0.2) is 5.13 Å². The van der Waals surface area contributed by atoms with Gasteiger partial charge in [0.05, 0.1) is 27.9 Å². The Morgan fingerprint density at radius 3 is 2.52 bits per heavy atom. The van der Waals surface area contributed by atoms with Crippen molar-refractivity contribution < 1.29 is 19.0 Å². The molecule has 2 aromatic carbocycles. The number of nitrogens with zero attached hydrogens (tertiary/aromatic N) is 3. The van der Waals surface area contributed by atoms with Gasteiger partial charge in [-0.15, -0.1) is 0 Å². The Bertz CT molecular complexity index is 1170. The second-order valence-corrected chi connectivity index (χ2v) is 7.61. The summed E-state index contributed by atoms with van der Waals surface area (Å²) < 4.78 is 17.1. The SMILES string of the molecule is COc1cccc(C(=O)N(Cc2cccnc2)c2nc3c(OC)ccc(OC)c3s2)c1. The summed E-state index contributed by atoms with van der Waals surface area (Å²) in [4.78, 5) is 24.1. The van der Waals surface area contributed by atoms with Gasteiger partial charge < -0.3 is 14.2 Å². The fourth-order valence-electron chi connectivity index (χ4n) is 3.20. The van der Waals surface area contributed by atoms with E-state index in [1.807, 2.05) is 18.2 Å². The summed E-state index contributed by atoms with van der Waals surface area (Å²) in [5.41, 5.74) is 2.04. The van der Waals surface area contributed by atoms with Crippen LogP contribution in [0.5, 0.6) is 17.2 Å². The predicted octanol–water partition coefficient (Wildman–Crippen LogP) is 4.56. The standard InChI is InChI=1S/C23H21N3O4S/c1-28-17-8-4-7-16(12-17)22(27)26(14-15-6-5-11-24-13-15)23-25-20-18(29-2)9-10-19(30-3)21(20)31-23/h4-13H,14H2,1-3H3. The minimum Gasteiger partial charge on any atom is -0.497 e. The van der Waals surface area contributed by atoms with Crippen LogP contribution in [-0.4, -0.2) is 37.2 Å². The van der Waals surface area contributed by atoms with Gasteiger partial charge in [-0.3, -0.25) is 14.7 Å². The fraction of sp³-hybridized carbons (Fsp3) is 0.174. The summed E-state index contributed by atoms with van der Waals surface area (Å²) in [6, 6.07) is 14.5. The molecule has 2 aromatic heterocycles. The molecule has 0 spiro atoms. The van der Waals surface area contributed by atoms with E-state index >= 15 is 0 Å². The van der Waals surface area contributed by atoms with E-state index in [0.29, 0.717) is 40.0 Å². The minimum absolute atomic E-state index is 0.195. The molecule has 0 unspecified atom stereocenters. The molecule has 0 saturated carbocycles. The van der Waals surface area contributed by atoms with Crippen LogP contribution in [0.25, 0.3) is 10.2 Å². The van der Waals surface area contributed by atoms with Gasteiger partial charge in [-0.1, -0.05) is 23.5 Å². The maximum Gasteiger partial charge on any atom is 0.260 e. The van der Waals surface area contributed by atoms with E-state index in [1.165, 1.54) is 11.3 Å². The number of thiazole rings is 1. The summed E-state index contributed by atoms with van der Waals surface area (Å²) in [5, 5.41) is 0.537. The number of carbonyl (C=O) groups is 1. The van der Waals surface area contributed by atoms with Gasteiger partial charge in [0.25, 0.3) is 5.91 Å². The first kappa shape index (κ1) is 20.6. The highest BCUT2D eigenvalue weighted by Gasteiger charge is 2.24. The van der Waals surface area contributed by atoms with Gasteiger partial charge in [-0.2, -0.15) is 0 Å². The maximum absolute atomic E-state index is 13.6. The summed E-state index contributed by atoms with van der Waals surface area (Å²) in [7, 11) is 4.77. The number of hydrogen-bond donors (Lipinski definition) is 0. The fourth-order valence-corrected chi connectivity index (χ4v) is 4.27. The summed E-state index contributed by atoms with van der Waals surface area (Å²) in [6.07, 6.45) is 3.44. The van der Waals surface area contributed by atoms with Crippen molar-refractivity contribution in [1.29, 1.82) is 0 Å². The van der Waals surface area contributed by atoms with E-state index in [4.69, 9.17) is 19.2 Å². The van der Waals surface area contributed by atoms with Crippen molar-refractivity contribution >= 4 is 32.6 Å². The first-order valence-electron chi connectivity index (χ1n) is 9.51. The van der Waals surface area contributed by atoms with Crippen molar-refractivity contribution in [3.8, 4) is 17.2 Å². The van der Waals surface area contributed by atoms with Crippen LogP contribution in [0.4, 0.5) is 5.13 Å². The van der Waals surface area contributed by atoms with Crippen LogP contribution in [0.3, 0.4) is 0 Å². The molecule has 0 aliphatic heterocycles. The predicted molar refractivity (Wildman–Crippen MR) is 120 cm³/mol. The number of rotatable bonds is 7. The smallest absolute Gasteiger partial charge is 0.260 e. The molecule has 31 heavy (non-hydrogen) atoms.